The molecule has 0 radical (unpaired) electrons. The van der Waals surface area contributed by atoms with Gasteiger partial charge in [0.1, 0.15) is 5.75 Å². The van der Waals surface area contributed by atoms with Crippen LogP contribution in [0, 0.1) is 6.92 Å². The van der Waals surface area contributed by atoms with Crippen LogP contribution in [0.2, 0.25) is 0 Å². The fourth-order valence-corrected chi connectivity index (χ4v) is 3.44. The highest BCUT2D eigenvalue weighted by molar-refractivity contribution is 7.18. The number of halogens is 2. The molecule has 0 fully saturated rings. The second-order valence-electron chi connectivity index (χ2n) is 5.89. The Morgan fingerprint density at radius 1 is 1.22 bits per heavy atom. The first-order chi connectivity index (χ1) is 13.0. The van der Waals surface area contributed by atoms with Gasteiger partial charge in [-0.3, -0.25) is 4.79 Å². The van der Waals surface area contributed by atoms with E-state index in [-0.39, 0.29) is 18.2 Å². The molecule has 1 heterocycles. The van der Waals surface area contributed by atoms with Crippen molar-refractivity contribution in [2.24, 2.45) is 0 Å². The molecule has 1 aromatic heterocycles. The van der Waals surface area contributed by atoms with Crippen molar-refractivity contribution in [3.05, 3.63) is 53.0 Å². The zero-order valence-electron chi connectivity index (χ0n) is 14.7. The molecule has 0 aliphatic carbocycles. The first-order valence-corrected chi connectivity index (χ1v) is 9.23. The van der Waals surface area contributed by atoms with Crippen molar-refractivity contribution in [1.29, 1.82) is 0 Å². The van der Waals surface area contributed by atoms with Gasteiger partial charge in [-0.1, -0.05) is 12.1 Å². The fraction of sp³-hybridized carbons (Fsp3) is 0.263. The molecule has 0 saturated heterocycles. The normalized spacial score (nSPS) is 11.0. The molecular weight excluding hydrogens is 372 g/mol. The van der Waals surface area contributed by atoms with Gasteiger partial charge in [-0.05, 0) is 49.2 Å². The number of anilines is 1. The summed E-state index contributed by atoms with van der Waals surface area (Å²) in [6.45, 7) is -0.235. The number of hydrogen-bond acceptors (Lipinski definition) is 5. The lowest BCUT2D eigenvalue weighted by molar-refractivity contribution is -0.119. The average molecular weight is 391 g/mol. The van der Waals surface area contributed by atoms with Crippen LogP contribution in [0.1, 0.15) is 10.6 Å². The third-order valence-electron chi connectivity index (χ3n) is 3.83. The maximum Gasteiger partial charge on any atom is 0.387 e. The second-order valence-corrected chi connectivity index (χ2v) is 7.13. The molecule has 0 spiro atoms. The zero-order valence-corrected chi connectivity index (χ0v) is 15.5. The van der Waals surface area contributed by atoms with Crippen LogP contribution < -0.4 is 15.4 Å². The Hall–Kier alpha value is -2.74. The van der Waals surface area contributed by atoms with Crippen molar-refractivity contribution >= 4 is 33.1 Å². The number of nitrogens with zero attached hydrogens (tertiary/aromatic N) is 1. The Morgan fingerprint density at radius 3 is 2.74 bits per heavy atom. The molecule has 0 aliphatic heterocycles. The lowest BCUT2D eigenvalue weighted by Gasteiger charge is -2.09. The molecule has 2 aromatic carbocycles. The SMILES string of the molecule is Cc1nc2ccc(NCC(=O)NCCc3ccc(OC(F)F)cc3)cc2s1. The molecule has 5 nitrogen and oxygen atoms in total. The third kappa shape index (κ3) is 5.62. The van der Waals surface area contributed by atoms with Crippen LogP contribution in [-0.4, -0.2) is 30.6 Å². The molecule has 142 valence electrons. The number of fused-ring (bicyclic) bond motifs is 1. The summed E-state index contributed by atoms with van der Waals surface area (Å²) in [5, 5.41) is 6.93. The van der Waals surface area contributed by atoms with Crippen LogP contribution in [0.5, 0.6) is 5.75 Å². The number of ether oxygens (including phenoxy) is 1. The number of nitrogens with one attached hydrogen (secondary N) is 2. The predicted molar refractivity (Wildman–Crippen MR) is 103 cm³/mol. The van der Waals surface area contributed by atoms with E-state index in [4.69, 9.17) is 0 Å². The van der Waals surface area contributed by atoms with Crippen molar-refractivity contribution in [3.63, 3.8) is 0 Å². The summed E-state index contributed by atoms with van der Waals surface area (Å²) in [6, 6.07) is 12.2. The molecule has 3 rings (SSSR count). The molecule has 0 unspecified atom stereocenters. The topological polar surface area (TPSA) is 63.2 Å². The van der Waals surface area contributed by atoms with Gasteiger partial charge in [0.25, 0.3) is 0 Å². The summed E-state index contributed by atoms with van der Waals surface area (Å²) in [7, 11) is 0. The molecule has 0 atom stereocenters. The maximum atomic E-state index is 12.1. The molecule has 1 amide bonds. The van der Waals surface area contributed by atoms with Crippen LogP contribution in [0.25, 0.3) is 10.2 Å². The first-order valence-electron chi connectivity index (χ1n) is 8.41. The maximum absolute atomic E-state index is 12.1. The average Bonchev–Trinajstić information content (AvgIpc) is 3.00. The number of aryl methyl sites for hydroxylation is 1. The molecule has 27 heavy (non-hydrogen) atoms. The summed E-state index contributed by atoms with van der Waals surface area (Å²) < 4.78 is 29.6. The number of benzene rings is 2. The Labute approximate surface area is 159 Å². The van der Waals surface area contributed by atoms with E-state index < -0.39 is 6.61 Å². The third-order valence-corrected chi connectivity index (χ3v) is 4.77. The van der Waals surface area contributed by atoms with E-state index in [1.807, 2.05) is 25.1 Å². The minimum atomic E-state index is -2.83. The van der Waals surface area contributed by atoms with Crippen molar-refractivity contribution in [3.8, 4) is 5.75 Å². The van der Waals surface area contributed by atoms with Gasteiger partial charge in [-0.2, -0.15) is 8.78 Å². The quantitative estimate of drug-likeness (QED) is 0.610. The van der Waals surface area contributed by atoms with E-state index in [9.17, 15) is 13.6 Å². The predicted octanol–water partition coefficient (Wildman–Crippen LogP) is 3.98. The minimum absolute atomic E-state index is 0.117. The summed E-state index contributed by atoms with van der Waals surface area (Å²) in [6.07, 6.45) is 0.604. The first kappa shape index (κ1) is 19.0. The fourth-order valence-electron chi connectivity index (χ4n) is 2.58. The Balaban J connectivity index is 1.41. The molecule has 8 heteroatoms. The van der Waals surface area contributed by atoms with E-state index in [1.165, 1.54) is 12.1 Å². The molecule has 3 aromatic rings. The Bertz CT molecular complexity index is 913. The zero-order chi connectivity index (χ0) is 19.2. The summed E-state index contributed by atoms with van der Waals surface area (Å²) in [5.41, 5.74) is 2.75. The van der Waals surface area contributed by atoms with E-state index in [0.717, 1.165) is 26.5 Å². The number of aromatic nitrogens is 1. The number of amides is 1. The molecule has 0 saturated carbocycles. The van der Waals surface area contributed by atoms with Crippen molar-refractivity contribution in [1.82, 2.24) is 10.3 Å². The van der Waals surface area contributed by atoms with Gasteiger partial charge in [0, 0.05) is 12.2 Å². The summed E-state index contributed by atoms with van der Waals surface area (Å²) in [5.74, 6) is 0.00308. The van der Waals surface area contributed by atoms with Gasteiger partial charge in [0.05, 0.1) is 21.8 Å². The number of rotatable bonds is 8. The molecule has 2 N–H and O–H groups in total. The van der Waals surface area contributed by atoms with E-state index in [0.29, 0.717) is 13.0 Å². The van der Waals surface area contributed by atoms with Crippen LogP contribution in [0.3, 0.4) is 0 Å². The molecule has 0 aliphatic rings. The summed E-state index contributed by atoms with van der Waals surface area (Å²) in [4.78, 5) is 16.4. The monoisotopic (exact) mass is 391 g/mol. The Kier molecular flexibility index (Phi) is 6.18. The standard InChI is InChI=1S/C19H19F2N3O2S/c1-12-24-16-7-4-14(10-17(16)27-12)23-11-18(25)22-9-8-13-2-5-15(6-3-13)26-19(20)21/h2-7,10,19,23H,8-9,11H2,1H3,(H,22,25). The van der Waals surface area contributed by atoms with Crippen LogP contribution >= 0.6 is 11.3 Å². The highest BCUT2D eigenvalue weighted by Crippen LogP contribution is 2.24. The number of carbonyl (C=O) groups excluding carboxylic acids is 1. The Morgan fingerprint density at radius 2 is 2.00 bits per heavy atom. The van der Waals surface area contributed by atoms with Crippen molar-refractivity contribution < 1.29 is 18.3 Å². The van der Waals surface area contributed by atoms with Gasteiger partial charge < -0.3 is 15.4 Å². The number of thiazole rings is 1. The van der Waals surface area contributed by atoms with Crippen LogP contribution in [0.15, 0.2) is 42.5 Å². The lowest BCUT2D eigenvalue weighted by Crippen LogP contribution is -2.31. The lowest BCUT2D eigenvalue weighted by atomic mass is 10.1. The smallest absolute Gasteiger partial charge is 0.387 e. The van der Waals surface area contributed by atoms with Crippen LogP contribution in [0.4, 0.5) is 14.5 Å². The van der Waals surface area contributed by atoms with E-state index >= 15 is 0 Å². The van der Waals surface area contributed by atoms with Gasteiger partial charge in [0.2, 0.25) is 5.91 Å². The summed E-state index contributed by atoms with van der Waals surface area (Å²) >= 11 is 1.61. The van der Waals surface area contributed by atoms with Gasteiger partial charge in [-0.25, -0.2) is 4.98 Å². The van der Waals surface area contributed by atoms with E-state index in [2.05, 4.69) is 20.4 Å². The number of carbonyl (C=O) groups is 1. The van der Waals surface area contributed by atoms with E-state index in [1.54, 1.807) is 23.5 Å². The highest BCUT2D eigenvalue weighted by atomic mass is 32.1. The molecular formula is C19H19F2N3O2S. The van der Waals surface area contributed by atoms with Gasteiger partial charge in [-0.15, -0.1) is 11.3 Å². The second kappa shape index (κ2) is 8.77. The molecule has 0 bridgehead atoms. The van der Waals surface area contributed by atoms with Gasteiger partial charge >= 0.3 is 6.61 Å². The minimum Gasteiger partial charge on any atom is -0.435 e. The largest absolute Gasteiger partial charge is 0.435 e. The van der Waals surface area contributed by atoms with Crippen LogP contribution in [-0.2, 0) is 11.2 Å². The number of alkyl halides is 2. The van der Waals surface area contributed by atoms with Crippen molar-refractivity contribution in [2.75, 3.05) is 18.4 Å². The number of hydrogen-bond donors (Lipinski definition) is 2. The highest BCUT2D eigenvalue weighted by Gasteiger charge is 2.06. The van der Waals surface area contributed by atoms with Crippen molar-refractivity contribution in [2.45, 2.75) is 20.0 Å². The van der Waals surface area contributed by atoms with Gasteiger partial charge in [0.15, 0.2) is 0 Å².